The molecule has 19 heavy (non-hydrogen) atoms. The Morgan fingerprint density at radius 2 is 2.32 bits per heavy atom. The number of oxime groups is 1. The van der Waals surface area contributed by atoms with Crippen molar-refractivity contribution in [3.8, 4) is 0 Å². The molecule has 1 heterocycles. The van der Waals surface area contributed by atoms with E-state index >= 15 is 0 Å². The number of rotatable bonds is 4. The molecule has 2 rings (SSSR count). The van der Waals surface area contributed by atoms with Gasteiger partial charge in [-0.15, -0.1) is 0 Å². The van der Waals surface area contributed by atoms with Gasteiger partial charge in [0.1, 0.15) is 6.61 Å². The van der Waals surface area contributed by atoms with Gasteiger partial charge in [0, 0.05) is 24.0 Å². The minimum Gasteiger partial charge on any atom is -0.465 e. The Labute approximate surface area is 111 Å². The Kier molecular flexibility index (Phi) is 4.72. The summed E-state index contributed by atoms with van der Waals surface area (Å²) in [5.41, 5.74) is 1.97. The zero-order valence-electron chi connectivity index (χ0n) is 10.6. The van der Waals surface area contributed by atoms with Gasteiger partial charge in [-0.1, -0.05) is 11.2 Å². The zero-order chi connectivity index (χ0) is 13.5. The molecule has 102 valence electrons. The Morgan fingerprint density at radius 3 is 2.95 bits per heavy atom. The summed E-state index contributed by atoms with van der Waals surface area (Å²) in [5, 5.41) is 15.2. The van der Waals surface area contributed by atoms with E-state index in [4.69, 9.17) is 9.94 Å². The summed E-state index contributed by atoms with van der Waals surface area (Å²) in [6.07, 6.45) is 5.61. The third-order valence-corrected chi connectivity index (χ3v) is 3.04. The topological polar surface area (TPSA) is 83.8 Å². The minimum absolute atomic E-state index is 0.0368. The quantitative estimate of drug-likeness (QED) is 0.815. The van der Waals surface area contributed by atoms with E-state index in [1.165, 1.54) is 0 Å². The lowest BCUT2D eigenvalue weighted by Crippen LogP contribution is -2.36. The Bertz CT molecular complexity index is 438. The van der Waals surface area contributed by atoms with Gasteiger partial charge in [0.25, 0.3) is 0 Å². The van der Waals surface area contributed by atoms with E-state index in [0.717, 1.165) is 37.0 Å². The third kappa shape index (κ3) is 4.57. The van der Waals surface area contributed by atoms with Gasteiger partial charge in [-0.2, -0.15) is 0 Å². The van der Waals surface area contributed by atoms with E-state index in [-0.39, 0.29) is 6.04 Å². The maximum Gasteiger partial charge on any atom is 0.404 e. The zero-order valence-corrected chi connectivity index (χ0v) is 10.6. The summed E-state index contributed by atoms with van der Waals surface area (Å²) in [6, 6.07) is 3.82. The molecule has 0 aliphatic heterocycles. The van der Waals surface area contributed by atoms with Crippen LogP contribution in [0.25, 0.3) is 0 Å². The molecular weight excluding hydrogens is 246 g/mol. The highest BCUT2D eigenvalue weighted by atomic mass is 16.6. The molecule has 0 atom stereocenters. The van der Waals surface area contributed by atoms with Gasteiger partial charge in [-0.05, 0) is 31.7 Å². The van der Waals surface area contributed by atoms with Crippen molar-refractivity contribution in [2.24, 2.45) is 5.16 Å². The van der Waals surface area contributed by atoms with Crippen molar-refractivity contribution in [3.63, 3.8) is 0 Å². The van der Waals surface area contributed by atoms with Gasteiger partial charge < -0.3 is 15.3 Å². The highest BCUT2D eigenvalue weighted by Crippen LogP contribution is 2.16. The standard InChI is InChI=1S/C13H17N3O3/c17-13(18)15-11-3-5-12(6-4-11)16-19-9-10-2-1-7-14-8-10/h1-2,7-8,11,15H,3-6,9H2,(H,17,18). The predicted molar refractivity (Wildman–Crippen MR) is 69.9 cm³/mol. The largest absolute Gasteiger partial charge is 0.465 e. The van der Waals surface area contributed by atoms with Gasteiger partial charge in [0.05, 0.1) is 5.71 Å². The molecule has 0 saturated heterocycles. The predicted octanol–water partition coefficient (Wildman–Crippen LogP) is 2.16. The van der Waals surface area contributed by atoms with Crippen molar-refractivity contribution in [2.45, 2.75) is 38.3 Å². The molecule has 0 bridgehead atoms. The lowest BCUT2D eigenvalue weighted by molar-refractivity contribution is 0.128. The normalized spacial score (nSPS) is 18.7. The summed E-state index contributed by atoms with van der Waals surface area (Å²) in [6.45, 7) is 0.411. The molecule has 0 unspecified atom stereocenters. The van der Waals surface area contributed by atoms with Crippen LogP contribution < -0.4 is 5.32 Å². The first kappa shape index (κ1) is 13.3. The molecule has 0 radical (unpaired) electrons. The lowest BCUT2D eigenvalue weighted by atomic mass is 9.94. The van der Waals surface area contributed by atoms with Crippen LogP contribution in [0.2, 0.25) is 0 Å². The Balaban J connectivity index is 1.72. The van der Waals surface area contributed by atoms with Gasteiger partial charge in [-0.25, -0.2) is 4.79 Å². The molecule has 0 aromatic carbocycles. The molecule has 6 nitrogen and oxygen atoms in total. The summed E-state index contributed by atoms with van der Waals surface area (Å²) in [7, 11) is 0. The van der Waals surface area contributed by atoms with Crippen LogP contribution in [0.4, 0.5) is 4.79 Å². The molecule has 1 aliphatic carbocycles. The van der Waals surface area contributed by atoms with Gasteiger partial charge >= 0.3 is 6.09 Å². The fourth-order valence-corrected chi connectivity index (χ4v) is 2.04. The van der Waals surface area contributed by atoms with Crippen LogP contribution >= 0.6 is 0 Å². The van der Waals surface area contributed by atoms with Crippen molar-refractivity contribution in [2.75, 3.05) is 0 Å². The van der Waals surface area contributed by atoms with Crippen LogP contribution in [-0.4, -0.2) is 27.9 Å². The average Bonchev–Trinajstić information content (AvgIpc) is 2.41. The highest BCUT2D eigenvalue weighted by molar-refractivity contribution is 5.84. The molecule has 2 N–H and O–H groups in total. The van der Waals surface area contributed by atoms with Crippen molar-refractivity contribution < 1.29 is 14.7 Å². The second-order valence-electron chi connectivity index (χ2n) is 4.52. The summed E-state index contributed by atoms with van der Waals surface area (Å²) >= 11 is 0. The van der Waals surface area contributed by atoms with Gasteiger partial charge in [-0.3, -0.25) is 4.98 Å². The second-order valence-corrected chi connectivity index (χ2v) is 4.52. The molecule has 6 heteroatoms. The molecule has 1 aromatic heterocycles. The number of nitrogens with one attached hydrogen (secondary N) is 1. The Hall–Kier alpha value is -2.11. The summed E-state index contributed by atoms with van der Waals surface area (Å²) in [4.78, 5) is 19.8. The molecule has 1 fully saturated rings. The molecule has 1 aromatic rings. The molecule has 1 saturated carbocycles. The van der Waals surface area contributed by atoms with E-state index < -0.39 is 6.09 Å². The van der Waals surface area contributed by atoms with E-state index in [1.54, 1.807) is 12.4 Å². The first-order valence-electron chi connectivity index (χ1n) is 6.30. The number of aromatic nitrogens is 1. The van der Waals surface area contributed by atoms with E-state index in [9.17, 15) is 4.79 Å². The smallest absolute Gasteiger partial charge is 0.404 e. The van der Waals surface area contributed by atoms with Crippen LogP contribution in [0.5, 0.6) is 0 Å². The fourth-order valence-electron chi connectivity index (χ4n) is 2.04. The van der Waals surface area contributed by atoms with Crippen LogP contribution in [0.3, 0.4) is 0 Å². The second kappa shape index (κ2) is 6.72. The van der Waals surface area contributed by atoms with Crippen molar-refractivity contribution in [1.29, 1.82) is 0 Å². The molecule has 1 aliphatic rings. The highest BCUT2D eigenvalue weighted by Gasteiger charge is 2.19. The van der Waals surface area contributed by atoms with Crippen LogP contribution in [0.15, 0.2) is 29.7 Å². The SMILES string of the molecule is O=C(O)NC1CCC(=NOCc2cccnc2)CC1. The molecular formula is C13H17N3O3. The molecule has 1 amide bonds. The maximum atomic E-state index is 10.5. The number of amides is 1. The van der Waals surface area contributed by atoms with Crippen molar-refractivity contribution in [1.82, 2.24) is 10.3 Å². The van der Waals surface area contributed by atoms with Gasteiger partial charge in [0.15, 0.2) is 0 Å². The van der Waals surface area contributed by atoms with Crippen molar-refractivity contribution in [3.05, 3.63) is 30.1 Å². The molecule has 0 spiro atoms. The van der Waals surface area contributed by atoms with E-state index in [0.29, 0.717) is 6.61 Å². The van der Waals surface area contributed by atoms with E-state index in [1.807, 2.05) is 12.1 Å². The lowest BCUT2D eigenvalue weighted by Gasteiger charge is -2.22. The number of nitrogens with zero attached hydrogens (tertiary/aromatic N) is 2. The number of hydrogen-bond acceptors (Lipinski definition) is 4. The van der Waals surface area contributed by atoms with Crippen molar-refractivity contribution >= 4 is 11.8 Å². The third-order valence-electron chi connectivity index (χ3n) is 3.04. The number of hydrogen-bond donors (Lipinski definition) is 2. The van der Waals surface area contributed by atoms with Crippen LogP contribution in [0, 0.1) is 0 Å². The van der Waals surface area contributed by atoms with Crippen LogP contribution in [0.1, 0.15) is 31.2 Å². The fraction of sp³-hybridized carbons (Fsp3) is 0.462. The minimum atomic E-state index is -0.960. The first-order chi connectivity index (χ1) is 9.24. The van der Waals surface area contributed by atoms with Crippen LogP contribution in [-0.2, 0) is 11.4 Å². The Morgan fingerprint density at radius 1 is 1.53 bits per heavy atom. The average molecular weight is 263 g/mol. The van der Waals surface area contributed by atoms with Gasteiger partial charge in [0.2, 0.25) is 0 Å². The number of carboxylic acid groups (broad SMARTS) is 1. The number of pyridine rings is 1. The van der Waals surface area contributed by atoms with E-state index in [2.05, 4.69) is 15.5 Å². The summed E-state index contributed by atoms with van der Waals surface area (Å²) < 4.78 is 0. The summed E-state index contributed by atoms with van der Waals surface area (Å²) in [5.74, 6) is 0. The maximum absolute atomic E-state index is 10.5. The monoisotopic (exact) mass is 263 g/mol. The first-order valence-corrected chi connectivity index (χ1v) is 6.30. The number of carbonyl (C=O) groups is 1.